The van der Waals surface area contributed by atoms with E-state index in [0.717, 1.165) is 30.2 Å². The summed E-state index contributed by atoms with van der Waals surface area (Å²) in [7, 11) is 0. The summed E-state index contributed by atoms with van der Waals surface area (Å²) in [5.41, 5.74) is 0. The number of rotatable bonds is 6. The molecule has 0 N–H and O–H groups in total. The second kappa shape index (κ2) is 7.22. The van der Waals surface area contributed by atoms with Gasteiger partial charge < -0.3 is 0 Å². The molecule has 2 aromatic heterocycles. The van der Waals surface area contributed by atoms with E-state index >= 15 is 0 Å². The third kappa shape index (κ3) is 4.68. The van der Waals surface area contributed by atoms with Crippen LogP contribution in [0, 0.1) is 13.8 Å². The fraction of sp³-hybridized carbons (Fsp3) is 0.400. The summed E-state index contributed by atoms with van der Waals surface area (Å²) in [5.74, 6) is 1.87. The molecule has 2 heterocycles. The zero-order chi connectivity index (χ0) is 12.8. The molecule has 0 saturated heterocycles. The summed E-state index contributed by atoms with van der Waals surface area (Å²) in [6.07, 6.45) is 4.31. The molecule has 0 aliphatic carbocycles. The second-order valence-electron chi connectivity index (χ2n) is 3.27. The van der Waals surface area contributed by atoms with E-state index in [1.165, 1.54) is 0 Å². The standard InChI is InChI=1S/C10H12N4S4/c1-7-11-13-9(17-7)15-5-3-4-6-16-10-14-12-8(2)18-10/h3-4H,5-6H2,1-2H3/b4-3+. The maximum absolute atomic E-state index is 4.06. The van der Waals surface area contributed by atoms with Crippen LogP contribution >= 0.6 is 46.2 Å². The largest absolute Gasteiger partial charge is 0.174 e. The second-order valence-corrected chi connectivity index (χ2v) is 8.16. The monoisotopic (exact) mass is 316 g/mol. The van der Waals surface area contributed by atoms with Gasteiger partial charge in [-0.3, -0.25) is 0 Å². The molecule has 2 aromatic rings. The Morgan fingerprint density at radius 2 is 1.28 bits per heavy atom. The number of aryl methyl sites for hydroxylation is 2. The third-order valence-corrected chi connectivity index (χ3v) is 5.64. The van der Waals surface area contributed by atoms with Crippen LogP contribution in [0.15, 0.2) is 20.8 Å². The summed E-state index contributed by atoms with van der Waals surface area (Å²) >= 11 is 6.70. The first kappa shape index (κ1) is 14.0. The van der Waals surface area contributed by atoms with Crippen LogP contribution in [0.4, 0.5) is 0 Å². The highest BCUT2D eigenvalue weighted by molar-refractivity contribution is 8.01. The Hall–Kier alpha value is -0.440. The molecular formula is C10H12N4S4. The van der Waals surface area contributed by atoms with Crippen molar-refractivity contribution in [3.63, 3.8) is 0 Å². The molecule has 0 amide bonds. The van der Waals surface area contributed by atoms with E-state index in [0.29, 0.717) is 0 Å². The predicted molar refractivity (Wildman–Crippen MR) is 79.9 cm³/mol. The molecule has 0 fully saturated rings. The first-order chi connectivity index (χ1) is 8.74. The van der Waals surface area contributed by atoms with Gasteiger partial charge >= 0.3 is 0 Å². The minimum absolute atomic E-state index is 0.935. The van der Waals surface area contributed by atoms with Crippen LogP contribution in [-0.2, 0) is 0 Å². The smallest absolute Gasteiger partial charge is 0.143 e. The lowest BCUT2D eigenvalue weighted by atomic mass is 10.6. The Morgan fingerprint density at radius 1 is 0.833 bits per heavy atom. The van der Waals surface area contributed by atoms with Crippen molar-refractivity contribution in [2.45, 2.75) is 22.5 Å². The quantitative estimate of drug-likeness (QED) is 0.601. The fourth-order valence-electron chi connectivity index (χ4n) is 1.05. The molecule has 0 atom stereocenters. The van der Waals surface area contributed by atoms with Gasteiger partial charge in [-0.1, -0.05) is 58.3 Å². The Labute approximate surface area is 122 Å². The maximum atomic E-state index is 4.06. The van der Waals surface area contributed by atoms with Crippen molar-refractivity contribution in [2.24, 2.45) is 0 Å². The lowest BCUT2D eigenvalue weighted by Gasteiger charge is -1.90. The van der Waals surface area contributed by atoms with Crippen molar-refractivity contribution in [3.05, 3.63) is 22.2 Å². The highest BCUT2D eigenvalue weighted by Crippen LogP contribution is 2.23. The van der Waals surface area contributed by atoms with E-state index in [-0.39, 0.29) is 0 Å². The van der Waals surface area contributed by atoms with Gasteiger partial charge in [0.2, 0.25) is 0 Å². The molecule has 18 heavy (non-hydrogen) atoms. The van der Waals surface area contributed by atoms with E-state index in [4.69, 9.17) is 0 Å². The zero-order valence-electron chi connectivity index (χ0n) is 9.99. The fourth-order valence-corrected chi connectivity index (χ4v) is 4.43. The minimum Gasteiger partial charge on any atom is -0.143 e. The number of hydrogen-bond donors (Lipinski definition) is 0. The molecule has 8 heteroatoms. The summed E-state index contributed by atoms with van der Waals surface area (Å²) in [5, 5.41) is 18.1. The van der Waals surface area contributed by atoms with Crippen molar-refractivity contribution >= 4 is 46.2 Å². The van der Waals surface area contributed by atoms with Gasteiger partial charge in [-0.05, 0) is 13.8 Å². The van der Waals surface area contributed by atoms with E-state index in [1.807, 2.05) is 13.8 Å². The SMILES string of the molecule is Cc1nnc(SC/C=C/CSc2nnc(C)s2)s1. The van der Waals surface area contributed by atoms with Gasteiger partial charge in [-0.2, -0.15) is 0 Å². The Balaban J connectivity index is 1.63. The summed E-state index contributed by atoms with van der Waals surface area (Å²) in [6.45, 7) is 3.94. The van der Waals surface area contributed by atoms with Gasteiger partial charge in [0.1, 0.15) is 10.0 Å². The summed E-state index contributed by atoms with van der Waals surface area (Å²) < 4.78 is 2.06. The average Bonchev–Trinajstić information content (AvgIpc) is 2.93. The van der Waals surface area contributed by atoms with Crippen LogP contribution in [0.5, 0.6) is 0 Å². The maximum Gasteiger partial charge on any atom is 0.174 e. The predicted octanol–water partition coefficient (Wildman–Crippen LogP) is 3.45. The molecule has 0 aromatic carbocycles. The van der Waals surface area contributed by atoms with E-state index in [2.05, 4.69) is 32.5 Å². The highest BCUT2D eigenvalue weighted by Gasteiger charge is 2.00. The molecule has 2 rings (SSSR count). The first-order valence-corrected chi connectivity index (χ1v) is 8.85. The van der Waals surface area contributed by atoms with Crippen molar-refractivity contribution in [1.82, 2.24) is 20.4 Å². The molecule has 4 nitrogen and oxygen atoms in total. The van der Waals surface area contributed by atoms with Crippen LogP contribution in [0.3, 0.4) is 0 Å². The highest BCUT2D eigenvalue weighted by atomic mass is 32.2. The van der Waals surface area contributed by atoms with Gasteiger partial charge in [-0.25, -0.2) is 0 Å². The lowest BCUT2D eigenvalue weighted by molar-refractivity contribution is 0.984. The molecule has 0 saturated carbocycles. The van der Waals surface area contributed by atoms with E-state index in [1.54, 1.807) is 46.2 Å². The van der Waals surface area contributed by atoms with Gasteiger partial charge in [-0.15, -0.1) is 20.4 Å². The van der Waals surface area contributed by atoms with Crippen molar-refractivity contribution in [2.75, 3.05) is 11.5 Å². The third-order valence-electron chi connectivity index (χ3n) is 1.79. The minimum atomic E-state index is 0.935. The number of hydrogen-bond acceptors (Lipinski definition) is 8. The summed E-state index contributed by atoms with van der Waals surface area (Å²) in [6, 6.07) is 0. The van der Waals surface area contributed by atoms with Crippen LogP contribution in [-0.4, -0.2) is 31.9 Å². The van der Waals surface area contributed by atoms with Crippen LogP contribution in [0.1, 0.15) is 10.0 Å². The van der Waals surface area contributed by atoms with Crippen LogP contribution in [0.25, 0.3) is 0 Å². The van der Waals surface area contributed by atoms with Crippen molar-refractivity contribution < 1.29 is 0 Å². The zero-order valence-corrected chi connectivity index (χ0v) is 13.3. The first-order valence-electron chi connectivity index (χ1n) is 5.25. The number of aromatic nitrogens is 4. The molecule has 0 radical (unpaired) electrons. The normalized spacial score (nSPS) is 11.4. The molecule has 0 aliphatic heterocycles. The Morgan fingerprint density at radius 3 is 1.61 bits per heavy atom. The Kier molecular flexibility index (Phi) is 5.61. The van der Waals surface area contributed by atoms with Gasteiger partial charge in [0.25, 0.3) is 0 Å². The summed E-state index contributed by atoms with van der Waals surface area (Å²) in [4.78, 5) is 0. The lowest BCUT2D eigenvalue weighted by Crippen LogP contribution is -1.76. The van der Waals surface area contributed by atoms with Gasteiger partial charge in [0, 0.05) is 11.5 Å². The Bertz CT molecular complexity index is 473. The van der Waals surface area contributed by atoms with Crippen LogP contribution in [0.2, 0.25) is 0 Å². The molecule has 0 bridgehead atoms. The van der Waals surface area contributed by atoms with Gasteiger partial charge in [0.05, 0.1) is 0 Å². The molecule has 0 spiro atoms. The average molecular weight is 317 g/mol. The van der Waals surface area contributed by atoms with Crippen molar-refractivity contribution in [1.29, 1.82) is 0 Å². The number of thioether (sulfide) groups is 2. The molecule has 0 unspecified atom stereocenters. The molecule has 96 valence electrons. The molecule has 0 aliphatic rings. The topological polar surface area (TPSA) is 51.6 Å². The van der Waals surface area contributed by atoms with E-state index in [9.17, 15) is 0 Å². The number of nitrogens with zero attached hydrogens (tertiary/aromatic N) is 4. The van der Waals surface area contributed by atoms with Crippen LogP contribution < -0.4 is 0 Å². The van der Waals surface area contributed by atoms with Gasteiger partial charge in [0.15, 0.2) is 8.68 Å². The molecular weight excluding hydrogens is 304 g/mol. The van der Waals surface area contributed by atoms with Crippen molar-refractivity contribution in [3.8, 4) is 0 Å². The van der Waals surface area contributed by atoms with E-state index < -0.39 is 0 Å².